The number of Topliss-reactive ketones (excluding diaryl/α,β-unsaturated/α-hetero) is 1. The summed E-state index contributed by atoms with van der Waals surface area (Å²) in [6, 6.07) is 12.9. The van der Waals surface area contributed by atoms with Crippen LogP contribution in [0.2, 0.25) is 0 Å². The summed E-state index contributed by atoms with van der Waals surface area (Å²) in [7, 11) is 3.13. The number of carbonyl (C=O) groups excluding carboxylic acids is 1. The standard InChI is InChI=1S/C17H19NO3S/c1-20-14-7-8-15(17(9-14)21-2)16(19)11-22-10-12-3-5-13(18)6-4-12/h3-9H,10-11,18H2,1-2H3. The summed E-state index contributed by atoms with van der Waals surface area (Å²) in [4.78, 5) is 12.3. The SMILES string of the molecule is COc1ccc(C(=O)CSCc2ccc(N)cc2)c(OC)c1. The molecule has 2 N–H and O–H groups in total. The van der Waals surface area contributed by atoms with Gasteiger partial charge in [-0.1, -0.05) is 12.1 Å². The Morgan fingerprint density at radius 3 is 2.45 bits per heavy atom. The topological polar surface area (TPSA) is 61.5 Å². The molecule has 0 aliphatic carbocycles. The second-order valence-electron chi connectivity index (χ2n) is 4.72. The first kappa shape index (κ1) is 16.2. The van der Waals surface area contributed by atoms with E-state index >= 15 is 0 Å². The Bertz CT molecular complexity index is 641. The molecule has 0 aliphatic rings. The first-order valence-corrected chi connectivity index (χ1v) is 7.97. The van der Waals surface area contributed by atoms with E-state index in [-0.39, 0.29) is 5.78 Å². The zero-order chi connectivity index (χ0) is 15.9. The van der Waals surface area contributed by atoms with Gasteiger partial charge in [0.25, 0.3) is 0 Å². The smallest absolute Gasteiger partial charge is 0.176 e. The minimum Gasteiger partial charge on any atom is -0.497 e. The van der Waals surface area contributed by atoms with E-state index in [0.717, 1.165) is 17.0 Å². The molecular formula is C17H19NO3S. The van der Waals surface area contributed by atoms with E-state index in [1.54, 1.807) is 44.2 Å². The minimum atomic E-state index is 0.0416. The van der Waals surface area contributed by atoms with Crippen LogP contribution in [-0.4, -0.2) is 25.8 Å². The van der Waals surface area contributed by atoms with E-state index < -0.39 is 0 Å². The summed E-state index contributed by atoms with van der Waals surface area (Å²) in [5.41, 5.74) is 8.12. The minimum absolute atomic E-state index is 0.0416. The quantitative estimate of drug-likeness (QED) is 0.626. The highest BCUT2D eigenvalue weighted by Crippen LogP contribution is 2.26. The summed E-state index contributed by atoms with van der Waals surface area (Å²) >= 11 is 1.57. The van der Waals surface area contributed by atoms with Crippen LogP contribution in [0.4, 0.5) is 5.69 Å². The Kier molecular flexibility index (Phi) is 5.72. The van der Waals surface area contributed by atoms with Crippen molar-refractivity contribution in [2.75, 3.05) is 25.7 Å². The van der Waals surface area contributed by atoms with Crippen molar-refractivity contribution in [3.63, 3.8) is 0 Å². The Balaban J connectivity index is 1.96. The van der Waals surface area contributed by atoms with Gasteiger partial charge in [0.15, 0.2) is 5.78 Å². The molecule has 22 heavy (non-hydrogen) atoms. The molecule has 0 aromatic heterocycles. The largest absolute Gasteiger partial charge is 0.497 e. The van der Waals surface area contributed by atoms with Gasteiger partial charge in [-0.15, -0.1) is 11.8 Å². The van der Waals surface area contributed by atoms with E-state index in [9.17, 15) is 4.79 Å². The number of thioether (sulfide) groups is 1. The van der Waals surface area contributed by atoms with Crippen LogP contribution >= 0.6 is 11.8 Å². The molecule has 2 aromatic rings. The highest BCUT2D eigenvalue weighted by molar-refractivity contribution is 7.99. The number of methoxy groups -OCH3 is 2. The van der Waals surface area contributed by atoms with Crippen LogP contribution in [0.25, 0.3) is 0 Å². The molecule has 0 saturated carbocycles. The molecule has 0 radical (unpaired) electrons. The molecule has 0 fully saturated rings. The fourth-order valence-corrected chi connectivity index (χ4v) is 2.85. The molecule has 0 aliphatic heterocycles. The lowest BCUT2D eigenvalue weighted by molar-refractivity contribution is 0.101. The number of anilines is 1. The first-order chi connectivity index (χ1) is 10.6. The molecule has 0 bridgehead atoms. The van der Waals surface area contributed by atoms with Crippen molar-refractivity contribution in [2.45, 2.75) is 5.75 Å². The number of rotatable bonds is 7. The maximum absolute atomic E-state index is 12.3. The zero-order valence-corrected chi connectivity index (χ0v) is 13.5. The fourth-order valence-electron chi connectivity index (χ4n) is 1.98. The number of carbonyl (C=O) groups is 1. The van der Waals surface area contributed by atoms with E-state index in [4.69, 9.17) is 15.2 Å². The summed E-state index contributed by atoms with van der Waals surface area (Å²) in [5, 5.41) is 0. The molecule has 0 spiro atoms. The van der Waals surface area contributed by atoms with Gasteiger partial charge in [-0.3, -0.25) is 4.79 Å². The van der Waals surface area contributed by atoms with Crippen LogP contribution in [0.5, 0.6) is 11.5 Å². The molecule has 2 rings (SSSR count). The van der Waals surface area contributed by atoms with Gasteiger partial charge in [0.1, 0.15) is 11.5 Å². The molecule has 4 nitrogen and oxygen atoms in total. The third kappa shape index (κ3) is 4.18. The van der Waals surface area contributed by atoms with Gasteiger partial charge in [0.05, 0.1) is 25.5 Å². The van der Waals surface area contributed by atoms with Gasteiger partial charge in [-0.25, -0.2) is 0 Å². The van der Waals surface area contributed by atoms with Crippen molar-refractivity contribution >= 4 is 23.2 Å². The lowest BCUT2D eigenvalue weighted by Gasteiger charge is -2.09. The molecule has 5 heteroatoms. The zero-order valence-electron chi connectivity index (χ0n) is 12.7. The van der Waals surface area contributed by atoms with Gasteiger partial charge in [0, 0.05) is 17.5 Å². The van der Waals surface area contributed by atoms with Gasteiger partial charge < -0.3 is 15.2 Å². The molecule has 0 saturated heterocycles. The molecule has 0 unspecified atom stereocenters. The second-order valence-corrected chi connectivity index (χ2v) is 5.71. The highest BCUT2D eigenvalue weighted by Gasteiger charge is 2.13. The van der Waals surface area contributed by atoms with Crippen LogP contribution in [-0.2, 0) is 5.75 Å². The van der Waals surface area contributed by atoms with Crippen molar-refractivity contribution in [1.29, 1.82) is 0 Å². The first-order valence-electron chi connectivity index (χ1n) is 6.81. The molecular weight excluding hydrogens is 298 g/mol. The van der Waals surface area contributed by atoms with Crippen molar-refractivity contribution in [3.05, 3.63) is 53.6 Å². The Hall–Kier alpha value is -2.14. The monoisotopic (exact) mass is 317 g/mol. The van der Waals surface area contributed by atoms with Crippen LogP contribution in [0.1, 0.15) is 15.9 Å². The van der Waals surface area contributed by atoms with Gasteiger partial charge in [-0.05, 0) is 29.8 Å². The number of nitrogens with two attached hydrogens (primary N) is 1. The maximum atomic E-state index is 12.3. The average Bonchev–Trinajstić information content (AvgIpc) is 2.55. The van der Waals surface area contributed by atoms with Crippen molar-refractivity contribution in [3.8, 4) is 11.5 Å². The van der Waals surface area contributed by atoms with Crippen molar-refractivity contribution < 1.29 is 14.3 Å². The predicted octanol–water partition coefficient (Wildman–Crippen LogP) is 3.40. The average molecular weight is 317 g/mol. The Morgan fingerprint density at radius 2 is 1.82 bits per heavy atom. The van der Waals surface area contributed by atoms with Crippen LogP contribution < -0.4 is 15.2 Å². The number of hydrogen-bond acceptors (Lipinski definition) is 5. The molecule has 2 aromatic carbocycles. The van der Waals surface area contributed by atoms with Crippen LogP contribution in [0, 0.1) is 0 Å². The number of hydrogen-bond donors (Lipinski definition) is 1. The number of benzene rings is 2. The molecule has 0 atom stereocenters. The summed E-state index contributed by atoms with van der Waals surface area (Å²) in [6.45, 7) is 0. The maximum Gasteiger partial charge on any atom is 0.176 e. The number of ether oxygens (including phenoxy) is 2. The number of nitrogen functional groups attached to an aromatic ring is 1. The van der Waals surface area contributed by atoms with E-state index in [1.165, 1.54) is 0 Å². The summed E-state index contributed by atoms with van der Waals surface area (Å²) in [5.74, 6) is 2.41. The molecule has 0 amide bonds. The van der Waals surface area contributed by atoms with Gasteiger partial charge in [-0.2, -0.15) is 0 Å². The third-order valence-corrected chi connectivity index (χ3v) is 4.19. The van der Waals surface area contributed by atoms with Crippen LogP contribution in [0.15, 0.2) is 42.5 Å². The predicted molar refractivity (Wildman–Crippen MR) is 90.9 cm³/mol. The summed E-state index contributed by atoms with van der Waals surface area (Å²) < 4.78 is 10.4. The second kappa shape index (κ2) is 7.75. The Labute approximate surface area is 134 Å². The highest BCUT2D eigenvalue weighted by atomic mass is 32.2. The Morgan fingerprint density at radius 1 is 1.09 bits per heavy atom. The van der Waals surface area contributed by atoms with Crippen molar-refractivity contribution in [1.82, 2.24) is 0 Å². The van der Waals surface area contributed by atoms with Crippen LogP contribution in [0.3, 0.4) is 0 Å². The fraction of sp³-hybridized carbons (Fsp3) is 0.235. The van der Waals surface area contributed by atoms with Crippen molar-refractivity contribution in [2.24, 2.45) is 0 Å². The van der Waals surface area contributed by atoms with Gasteiger partial charge in [0.2, 0.25) is 0 Å². The summed E-state index contributed by atoms with van der Waals surface area (Å²) in [6.07, 6.45) is 0. The van der Waals surface area contributed by atoms with E-state index in [1.807, 2.05) is 24.3 Å². The number of ketones is 1. The lowest BCUT2D eigenvalue weighted by atomic mass is 10.1. The van der Waals surface area contributed by atoms with E-state index in [2.05, 4.69) is 0 Å². The lowest BCUT2D eigenvalue weighted by Crippen LogP contribution is -2.05. The third-order valence-electron chi connectivity index (χ3n) is 3.19. The van der Waals surface area contributed by atoms with Gasteiger partial charge >= 0.3 is 0 Å². The molecule has 116 valence electrons. The normalized spacial score (nSPS) is 10.3. The molecule has 0 heterocycles. The van der Waals surface area contributed by atoms with E-state index in [0.29, 0.717) is 22.8 Å².